The van der Waals surface area contributed by atoms with Crippen molar-refractivity contribution in [1.82, 2.24) is 9.80 Å². The lowest BCUT2D eigenvalue weighted by molar-refractivity contribution is -0.142. The molecule has 0 aromatic carbocycles. The van der Waals surface area contributed by atoms with Gasteiger partial charge in [0.05, 0.1) is 0 Å². The van der Waals surface area contributed by atoms with Crippen LogP contribution < -0.4 is 0 Å². The molecule has 3 aliphatic rings. The Morgan fingerprint density at radius 1 is 1.15 bits per heavy atom. The van der Waals surface area contributed by atoms with E-state index in [1.165, 1.54) is 45.3 Å². The van der Waals surface area contributed by atoms with Crippen molar-refractivity contribution in [3.63, 3.8) is 0 Å². The van der Waals surface area contributed by atoms with E-state index in [1.807, 2.05) is 0 Å². The number of carbonyl (C=O) groups excluding carboxylic acids is 1. The van der Waals surface area contributed by atoms with Crippen LogP contribution in [0.5, 0.6) is 0 Å². The van der Waals surface area contributed by atoms with Crippen LogP contribution in [-0.2, 0) is 9.53 Å². The van der Waals surface area contributed by atoms with Gasteiger partial charge < -0.3 is 14.5 Å². The molecule has 0 spiro atoms. The first-order valence-electron chi connectivity index (χ1n) is 8.32. The third-order valence-corrected chi connectivity index (χ3v) is 5.11. The molecule has 0 N–H and O–H groups in total. The highest BCUT2D eigenvalue weighted by atomic mass is 16.5. The van der Waals surface area contributed by atoms with Crippen LogP contribution in [0.15, 0.2) is 0 Å². The van der Waals surface area contributed by atoms with Crippen molar-refractivity contribution < 1.29 is 9.53 Å². The molecular formula is C16H28N2O2. The highest BCUT2D eigenvalue weighted by Gasteiger charge is 2.40. The summed E-state index contributed by atoms with van der Waals surface area (Å²) in [6.45, 7) is 5.58. The third kappa shape index (κ3) is 3.34. The first-order chi connectivity index (χ1) is 9.78. The number of piperidine rings is 1. The monoisotopic (exact) mass is 280 g/mol. The first kappa shape index (κ1) is 14.3. The fourth-order valence-corrected chi connectivity index (χ4v) is 3.76. The highest BCUT2D eigenvalue weighted by molar-refractivity contribution is 5.82. The molecule has 0 bridgehead atoms. The lowest BCUT2D eigenvalue weighted by Gasteiger charge is -2.29. The molecule has 2 heterocycles. The Kier molecular flexibility index (Phi) is 4.61. The second kappa shape index (κ2) is 6.44. The van der Waals surface area contributed by atoms with Crippen LogP contribution in [0.25, 0.3) is 0 Å². The molecule has 2 atom stereocenters. The van der Waals surface area contributed by atoms with Crippen LogP contribution >= 0.6 is 0 Å². The van der Waals surface area contributed by atoms with Crippen molar-refractivity contribution in [2.75, 3.05) is 39.8 Å². The van der Waals surface area contributed by atoms with E-state index in [-0.39, 0.29) is 12.0 Å². The van der Waals surface area contributed by atoms with Crippen LogP contribution in [-0.4, -0.2) is 61.6 Å². The Bertz CT molecular complexity index is 337. The van der Waals surface area contributed by atoms with Gasteiger partial charge in [-0.2, -0.15) is 0 Å². The largest absolute Gasteiger partial charge is 0.371 e. The Hall–Kier alpha value is -0.610. The molecule has 1 saturated carbocycles. The smallest absolute Gasteiger partial charge is 0.251 e. The number of carbonyl (C=O) groups is 1. The summed E-state index contributed by atoms with van der Waals surface area (Å²) in [6, 6.07) is 0. The highest BCUT2D eigenvalue weighted by Crippen LogP contribution is 2.35. The molecule has 4 heteroatoms. The number of rotatable bonds is 5. The lowest BCUT2D eigenvalue weighted by Crippen LogP contribution is -2.41. The first-order valence-corrected chi connectivity index (χ1v) is 8.32. The van der Waals surface area contributed by atoms with Gasteiger partial charge in [0.25, 0.3) is 5.91 Å². The van der Waals surface area contributed by atoms with Crippen molar-refractivity contribution in [2.45, 2.75) is 44.6 Å². The fraction of sp³-hybridized carbons (Fsp3) is 0.938. The molecule has 0 radical (unpaired) electrons. The Morgan fingerprint density at radius 3 is 2.55 bits per heavy atom. The summed E-state index contributed by atoms with van der Waals surface area (Å²) >= 11 is 0. The molecule has 1 aliphatic carbocycles. The summed E-state index contributed by atoms with van der Waals surface area (Å²) in [5.41, 5.74) is 0. The van der Waals surface area contributed by atoms with Crippen molar-refractivity contribution in [1.29, 1.82) is 0 Å². The van der Waals surface area contributed by atoms with E-state index in [0.717, 1.165) is 25.9 Å². The molecule has 0 unspecified atom stereocenters. The maximum atomic E-state index is 12.5. The van der Waals surface area contributed by atoms with Crippen LogP contribution in [0.2, 0.25) is 0 Å². The lowest BCUT2D eigenvalue weighted by atomic mass is 10.1. The van der Waals surface area contributed by atoms with Gasteiger partial charge in [-0.25, -0.2) is 0 Å². The Labute approximate surface area is 122 Å². The van der Waals surface area contributed by atoms with E-state index >= 15 is 0 Å². The summed E-state index contributed by atoms with van der Waals surface area (Å²) in [7, 11) is 1.68. The molecule has 3 fully saturated rings. The summed E-state index contributed by atoms with van der Waals surface area (Å²) in [5, 5.41) is 0. The predicted molar refractivity (Wildman–Crippen MR) is 78.5 cm³/mol. The number of amides is 1. The molecular weight excluding hydrogens is 252 g/mol. The van der Waals surface area contributed by atoms with Gasteiger partial charge in [0.15, 0.2) is 0 Å². The van der Waals surface area contributed by atoms with Gasteiger partial charge in [0.1, 0.15) is 6.10 Å². The van der Waals surface area contributed by atoms with Gasteiger partial charge in [-0.15, -0.1) is 0 Å². The average molecular weight is 280 g/mol. The Morgan fingerprint density at radius 2 is 1.90 bits per heavy atom. The molecule has 0 aromatic rings. The van der Waals surface area contributed by atoms with Crippen molar-refractivity contribution in [2.24, 2.45) is 11.8 Å². The Balaban J connectivity index is 1.47. The van der Waals surface area contributed by atoms with Crippen LogP contribution in [0.3, 0.4) is 0 Å². The standard InChI is InChI=1S/C16H28N2O2/c1-20-15(14-5-6-14)16(19)18-10-7-13(12-18)11-17-8-3-2-4-9-17/h13-15H,2-12H2,1H3/t13-,15-/m1/s1. The molecule has 114 valence electrons. The normalized spacial score (nSPS) is 29.6. The minimum Gasteiger partial charge on any atom is -0.371 e. The van der Waals surface area contributed by atoms with Gasteiger partial charge in [-0.1, -0.05) is 6.42 Å². The summed E-state index contributed by atoms with van der Waals surface area (Å²) in [6.07, 6.45) is 7.42. The van der Waals surface area contributed by atoms with Crippen LogP contribution in [0, 0.1) is 11.8 Å². The van der Waals surface area contributed by atoms with E-state index in [2.05, 4.69) is 9.80 Å². The molecule has 1 amide bonds. The summed E-state index contributed by atoms with van der Waals surface area (Å²) < 4.78 is 5.43. The zero-order chi connectivity index (χ0) is 13.9. The number of methoxy groups -OCH3 is 1. The second-order valence-electron chi connectivity index (χ2n) is 6.79. The topological polar surface area (TPSA) is 32.8 Å². The maximum absolute atomic E-state index is 12.5. The number of likely N-dealkylation sites (tertiary alicyclic amines) is 2. The van der Waals surface area contributed by atoms with Gasteiger partial charge in [-0.3, -0.25) is 4.79 Å². The average Bonchev–Trinajstić information content (AvgIpc) is 3.19. The molecule has 2 aliphatic heterocycles. The van der Waals surface area contributed by atoms with Gasteiger partial charge in [-0.05, 0) is 57.0 Å². The molecule has 0 aromatic heterocycles. The molecule has 2 saturated heterocycles. The predicted octanol–water partition coefficient (Wildman–Crippen LogP) is 1.75. The number of nitrogens with zero attached hydrogens (tertiary/aromatic N) is 2. The van der Waals surface area contributed by atoms with E-state index in [4.69, 9.17) is 4.74 Å². The number of hydrogen-bond acceptors (Lipinski definition) is 3. The number of hydrogen-bond donors (Lipinski definition) is 0. The van der Waals surface area contributed by atoms with Crippen molar-refractivity contribution in [3.05, 3.63) is 0 Å². The zero-order valence-electron chi connectivity index (χ0n) is 12.7. The molecule has 4 nitrogen and oxygen atoms in total. The van der Waals surface area contributed by atoms with E-state index < -0.39 is 0 Å². The van der Waals surface area contributed by atoms with Crippen molar-refractivity contribution >= 4 is 5.91 Å². The molecule has 20 heavy (non-hydrogen) atoms. The number of ether oxygens (including phenoxy) is 1. The maximum Gasteiger partial charge on any atom is 0.251 e. The fourth-order valence-electron chi connectivity index (χ4n) is 3.76. The van der Waals surface area contributed by atoms with Gasteiger partial charge in [0.2, 0.25) is 0 Å². The quantitative estimate of drug-likeness (QED) is 0.769. The van der Waals surface area contributed by atoms with Gasteiger partial charge in [0, 0.05) is 26.7 Å². The van der Waals surface area contributed by atoms with E-state index in [1.54, 1.807) is 7.11 Å². The van der Waals surface area contributed by atoms with Crippen LogP contribution in [0.4, 0.5) is 0 Å². The van der Waals surface area contributed by atoms with E-state index in [0.29, 0.717) is 11.8 Å². The summed E-state index contributed by atoms with van der Waals surface area (Å²) in [4.78, 5) is 17.1. The molecule has 3 rings (SSSR count). The second-order valence-corrected chi connectivity index (χ2v) is 6.79. The van der Waals surface area contributed by atoms with Crippen LogP contribution in [0.1, 0.15) is 38.5 Å². The zero-order valence-corrected chi connectivity index (χ0v) is 12.7. The minimum atomic E-state index is -0.163. The summed E-state index contributed by atoms with van der Waals surface area (Å²) in [5.74, 6) is 1.42. The van der Waals surface area contributed by atoms with Gasteiger partial charge >= 0.3 is 0 Å². The SMILES string of the molecule is CO[C@@H](C(=O)N1CC[C@H](CN2CCCCC2)C1)C1CC1. The third-order valence-electron chi connectivity index (χ3n) is 5.11. The van der Waals surface area contributed by atoms with Crippen molar-refractivity contribution in [3.8, 4) is 0 Å². The minimum absolute atomic E-state index is 0.163. The van der Waals surface area contributed by atoms with E-state index in [9.17, 15) is 4.79 Å².